The highest BCUT2D eigenvalue weighted by Crippen LogP contribution is 2.35. The van der Waals surface area contributed by atoms with E-state index in [-0.39, 0.29) is 11.4 Å². The number of aromatic nitrogens is 1. The molecule has 0 saturated heterocycles. The Kier molecular flexibility index (Phi) is 5.59. The van der Waals surface area contributed by atoms with Crippen molar-refractivity contribution in [2.24, 2.45) is 4.99 Å². The van der Waals surface area contributed by atoms with E-state index in [4.69, 9.17) is 26.7 Å². The number of hydrogen-bond donors (Lipinski definition) is 2. The minimum absolute atomic E-state index is 0.208. The molecule has 1 aromatic heterocycles. The largest absolute Gasteiger partial charge is 0.478 e. The quantitative estimate of drug-likeness (QED) is 0.349. The summed E-state index contributed by atoms with van der Waals surface area (Å²) in [5.74, 6) is -0.727. The van der Waals surface area contributed by atoms with Crippen LogP contribution in [0.5, 0.6) is 0 Å². The maximum Gasteiger partial charge on any atom is 0.335 e. The molecule has 0 bridgehead atoms. The topological polar surface area (TPSA) is 74.6 Å². The maximum absolute atomic E-state index is 14.9. The Bertz CT molecular complexity index is 1450. The Labute approximate surface area is 200 Å². The zero-order valence-corrected chi connectivity index (χ0v) is 18.9. The molecule has 168 valence electrons. The molecule has 7 heteroatoms. The second-order valence-electron chi connectivity index (χ2n) is 8.00. The molecule has 5 nitrogen and oxygen atoms in total. The van der Waals surface area contributed by atoms with Crippen LogP contribution in [-0.2, 0) is 6.54 Å². The van der Waals surface area contributed by atoms with Crippen molar-refractivity contribution in [1.29, 1.82) is 0 Å². The average Bonchev–Trinajstić information content (AvgIpc) is 2.96. The number of rotatable bonds is 4. The minimum atomic E-state index is -0.981. The highest BCUT2D eigenvalue weighted by atomic mass is 35.5. The summed E-state index contributed by atoms with van der Waals surface area (Å²) in [5, 5.41) is 12.8. The van der Waals surface area contributed by atoms with Gasteiger partial charge in [-0.25, -0.2) is 14.2 Å². The Balaban J connectivity index is 1.59. The number of pyridine rings is 1. The number of carboxylic acids is 1. The van der Waals surface area contributed by atoms with Gasteiger partial charge >= 0.3 is 5.97 Å². The summed E-state index contributed by atoms with van der Waals surface area (Å²) in [4.78, 5) is 20.7. The van der Waals surface area contributed by atoms with E-state index in [1.165, 1.54) is 18.2 Å². The number of aromatic carboxylic acids is 1. The number of halogens is 2. The van der Waals surface area contributed by atoms with E-state index < -0.39 is 5.97 Å². The number of carboxylic acid groups (broad SMARTS) is 1. The Morgan fingerprint density at radius 2 is 1.82 bits per heavy atom. The summed E-state index contributed by atoms with van der Waals surface area (Å²) in [6, 6.07) is 20.7. The molecule has 0 fully saturated rings. The number of carbonyl (C=O) groups is 1. The van der Waals surface area contributed by atoms with Gasteiger partial charge in [0.05, 0.1) is 23.5 Å². The van der Waals surface area contributed by atoms with Gasteiger partial charge < -0.3 is 10.4 Å². The Morgan fingerprint density at radius 3 is 2.56 bits per heavy atom. The van der Waals surface area contributed by atoms with E-state index in [0.29, 0.717) is 34.3 Å². The predicted molar refractivity (Wildman–Crippen MR) is 132 cm³/mol. The van der Waals surface area contributed by atoms with Gasteiger partial charge in [0.2, 0.25) is 0 Å². The third-order valence-corrected chi connectivity index (χ3v) is 5.98. The lowest BCUT2D eigenvalue weighted by molar-refractivity contribution is 0.0697. The molecule has 0 spiro atoms. The first-order valence-electron chi connectivity index (χ1n) is 10.6. The van der Waals surface area contributed by atoms with Gasteiger partial charge in [-0.3, -0.25) is 4.99 Å². The minimum Gasteiger partial charge on any atom is -0.478 e. The Morgan fingerprint density at radius 1 is 1.03 bits per heavy atom. The van der Waals surface area contributed by atoms with Crippen molar-refractivity contribution >= 4 is 34.8 Å². The van der Waals surface area contributed by atoms with Crippen LogP contribution in [0.2, 0.25) is 5.02 Å². The first-order valence-corrected chi connectivity index (χ1v) is 11.0. The monoisotopic (exact) mass is 471 g/mol. The molecule has 4 aromatic rings. The lowest BCUT2D eigenvalue weighted by Gasteiger charge is -2.14. The van der Waals surface area contributed by atoms with E-state index in [1.807, 2.05) is 31.2 Å². The fourth-order valence-electron chi connectivity index (χ4n) is 4.08. The van der Waals surface area contributed by atoms with Gasteiger partial charge in [0.25, 0.3) is 0 Å². The van der Waals surface area contributed by atoms with Crippen molar-refractivity contribution in [3.63, 3.8) is 0 Å². The van der Waals surface area contributed by atoms with Gasteiger partial charge in [-0.05, 0) is 61.0 Å². The van der Waals surface area contributed by atoms with Crippen LogP contribution < -0.4 is 5.32 Å². The van der Waals surface area contributed by atoms with Gasteiger partial charge in [-0.1, -0.05) is 35.9 Å². The summed E-state index contributed by atoms with van der Waals surface area (Å²) in [6.07, 6.45) is 0. The van der Waals surface area contributed by atoms with Crippen molar-refractivity contribution in [3.8, 4) is 11.3 Å². The molecule has 0 atom stereocenters. The van der Waals surface area contributed by atoms with Gasteiger partial charge in [-0.2, -0.15) is 0 Å². The van der Waals surface area contributed by atoms with Crippen LogP contribution in [0.25, 0.3) is 11.3 Å². The van der Waals surface area contributed by atoms with E-state index in [1.54, 1.807) is 30.3 Å². The lowest BCUT2D eigenvalue weighted by Crippen LogP contribution is -2.09. The maximum atomic E-state index is 14.9. The van der Waals surface area contributed by atoms with Crippen molar-refractivity contribution in [1.82, 2.24) is 4.98 Å². The number of nitrogens with zero attached hydrogens (tertiary/aromatic N) is 2. The van der Waals surface area contributed by atoms with Crippen LogP contribution in [0.3, 0.4) is 0 Å². The highest BCUT2D eigenvalue weighted by molar-refractivity contribution is 6.31. The molecule has 0 radical (unpaired) electrons. The third kappa shape index (κ3) is 4.04. The molecular formula is C27H19ClFN3O2. The molecule has 0 amide bonds. The van der Waals surface area contributed by atoms with Crippen LogP contribution in [0, 0.1) is 12.7 Å². The Hall–Kier alpha value is -4.03. The van der Waals surface area contributed by atoms with Crippen molar-refractivity contribution in [2.45, 2.75) is 13.5 Å². The van der Waals surface area contributed by atoms with E-state index in [2.05, 4.69) is 5.32 Å². The van der Waals surface area contributed by atoms with Crippen LogP contribution in [0.1, 0.15) is 32.6 Å². The van der Waals surface area contributed by atoms with Crippen molar-refractivity contribution in [2.75, 3.05) is 5.32 Å². The van der Waals surface area contributed by atoms with E-state index >= 15 is 0 Å². The first-order chi connectivity index (χ1) is 16.4. The van der Waals surface area contributed by atoms with Gasteiger partial charge in [0, 0.05) is 33.0 Å². The van der Waals surface area contributed by atoms with Gasteiger partial charge in [-0.15, -0.1) is 0 Å². The normalized spacial score (nSPS) is 12.3. The fourth-order valence-corrected chi connectivity index (χ4v) is 4.25. The molecule has 0 saturated carbocycles. The summed E-state index contributed by atoms with van der Waals surface area (Å²) >= 11 is 6.34. The molecule has 1 aliphatic heterocycles. The zero-order valence-electron chi connectivity index (χ0n) is 18.1. The van der Waals surface area contributed by atoms with Crippen LogP contribution >= 0.6 is 11.6 Å². The third-order valence-electron chi connectivity index (χ3n) is 5.74. The molecular weight excluding hydrogens is 453 g/mol. The van der Waals surface area contributed by atoms with Crippen molar-refractivity contribution in [3.05, 3.63) is 111 Å². The second-order valence-corrected chi connectivity index (χ2v) is 8.43. The number of aliphatic imine (C=N–C) groups is 1. The van der Waals surface area contributed by atoms with E-state index in [9.17, 15) is 9.18 Å². The molecule has 0 unspecified atom stereocenters. The highest BCUT2D eigenvalue weighted by Gasteiger charge is 2.23. The molecule has 5 rings (SSSR count). The first kappa shape index (κ1) is 21.8. The van der Waals surface area contributed by atoms with Gasteiger partial charge in [0.15, 0.2) is 0 Å². The van der Waals surface area contributed by atoms with Crippen LogP contribution in [0.15, 0.2) is 77.8 Å². The number of nitrogens with one attached hydrogen (secondary N) is 1. The number of anilines is 2. The molecule has 1 aliphatic rings. The number of aryl methyl sites for hydroxylation is 1. The predicted octanol–water partition coefficient (Wildman–Crippen LogP) is 6.64. The summed E-state index contributed by atoms with van der Waals surface area (Å²) in [5.41, 5.74) is 5.86. The lowest BCUT2D eigenvalue weighted by atomic mass is 9.93. The fraction of sp³-hybridized carbons (Fsp3) is 0.0741. The zero-order chi connectivity index (χ0) is 23.8. The number of hydrogen-bond acceptors (Lipinski definition) is 4. The van der Waals surface area contributed by atoms with Crippen molar-refractivity contribution < 1.29 is 14.3 Å². The summed E-state index contributed by atoms with van der Waals surface area (Å²) < 4.78 is 14.9. The smallest absolute Gasteiger partial charge is 0.335 e. The number of benzene rings is 3. The van der Waals surface area contributed by atoms with Crippen LogP contribution in [-0.4, -0.2) is 21.8 Å². The second kappa shape index (κ2) is 8.72. The number of fused-ring (bicyclic) bond motifs is 3. The standard InChI is InChI=1S/C27H19ClFN3O2/c1-15-3-2-4-22(29)24(15)26-21-13-18(28)8-11-20(21)25-17(14-30-26)7-12-23(32-25)31-19-9-5-16(6-10-19)27(33)34/h2-13H,14H2,1H3,(H,31,32)(H,33,34). The summed E-state index contributed by atoms with van der Waals surface area (Å²) in [6.45, 7) is 2.20. The molecule has 0 aliphatic carbocycles. The summed E-state index contributed by atoms with van der Waals surface area (Å²) in [7, 11) is 0. The molecule has 2 heterocycles. The average molecular weight is 472 g/mol. The van der Waals surface area contributed by atoms with Gasteiger partial charge in [0.1, 0.15) is 11.6 Å². The van der Waals surface area contributed by atoms with Crippen LogP contribution in [0.4, 0.5) is 15.9 Å². The molecule has 34 heavy (non-hydrogen) atoms. The molecule has 2 N–H and O–H groups in total. The van der Waals surface area contributed by atoms with E-state index in [0.717, 1.165) is 27.9 Å². The SMILES string of the molecule is Cc1cccc(F)c1C1=NCc2ccc(Nc3ccc(C(=O)O)cc3)nc2-c2ccc(Cl)cc21. The molecule has 3 aromatic carbocycles.